The number of rotatable bonds is 3. The fraction of sp³-hybridized carbons (Fsp3) is 0.500. The highest BCUT2D eigenvalue weighted by atomic mass is 16.5. The van der Waals surface area contributed by atoms with Crippen LogP contribution in [0.15, 0.2) is 18.2 Å². The molecule has 2 rings (SSSR count). The van der Waals surface area contributed by atoms with Crippen molar-refractivity contribution in [3.05, 3.63) is 29.3 Å². The first-order valence-electron chi connectivity index (χ1n) is 5.23. The van der Waals surface area contributed by atoms with Crippen molar-refractivity contribution in [2.75, 3.05) is 5.73 Å². The number of benzene rings is 1. The number of anilines is 1. The van der Waals surface area contributed by atoms with E-state index >= 15 is 0 Å². The molecular formula is C12H17NO. The highest BCUT2D eigenvalue weighted by Crippen LogP contribution is 2.24. The Morgan fingerprint density at radius 2 is 2.21 bits per heavy atom. The summed E-state index contributed by atoms with van der Waals surface area (Å²) in [6.07, 6.45) is 4.26. The van der Waals surface area contributed by atoms with E-state index in [9.17, 15) is 0 Å². The van der Waals surface area contributed by atoms with E-state index < -0.39 is 0 Å². The molecular weight excluding hydrogens is 174 g/mol. The Kier molecular flexibility index (Phi) is 2.73. The third-order valence-corrected chi connectivity index (χ3v) is 3.01. The summed E-state index contributed by atoms with van der Waals surface area (Å²) in [6, 6.07) is 6.01. The average molecular weight is 191 g/mol. The summed E-state index contributed by atoms with van der Waals surface area (Å²) in [5.74, 6) is 0. The first kappa shape index (κ1) is 9.53. The van der Waals surface area contributed by atoms with E-state index in [1.807, 2.05) is 12.1 Å². The van der Waals surface area contributed by atoms with Crippen LogP contribution in [0.25, 0.3) is 0 Å². The van der Waals surface area contributed by atoms with Gasteiger partial charge >= 0.3 is 0 Å². The molecule has 2 heteroatoms. The molecule has 0 aliphatic heterocycles. The lowest BCUT2D eigenvalue weighted by atomic mass is 9.96. The van der Waals surface area contributed by atoms with E-state index in [1.54, 1.807) is 0 Å². The molecule has 76 valence electrons. The fourth-order valence-electron chi connectivity index (χ4n) is 1.60. The van der Waals surface area contributed by atoms with Gasteiger partial charge in [-0.2, -0.15) is 0 Å². The predicted molar refractivity (Wildman–Crippen MR) is 58.0 cm³/mol. The van der Waals surface area contributed by atoms with Gasteiger partial charge in [-0.05, 0) is 43.4 Å². The molecule has 0 atom stereocenters. The molecule has 1 aliphatic carbocycles. The maximum atomic E-state index is 5.82. The second kappa shape index (κ2) is 4.01. The van der Waals surface area contributed by atoms with Gasteiger partial charge in [0.2, 0.25) is 0 Å². The molecule has 14 heavy (non-hydrogen) atoms. The molecule has 0 heterocycles. The Labute approximate surface area is 85.1 Å². The molecule has 1 aromatic rings. The number of nitrogen functional groups attached to an aromatic ring is 1. The summed E-state index contributed by atoms with van der Waals surface area (Å²) in [7, 11) is 0. The van der Waals surface area contributed by atoms with Crippen LogP contribution in [-0.2, 0) is 11.3 Å². The second-order valence-corrected chi connectivity index (χ2v) is 4.00. The molecule has 1 aromatic carbocycles. The molecule has 0 aromatic heterocycles. The number of hydrogen-bond donors (Lipinski definition) is 1. The minimum absolute atomic E-state index is 0.496. The second-order valence-electron chi connectivity index (χ2n) is 4.00. The van der Waals surface area contributed by atoms with Crippen LogP contribution in [0.5, 0.6) is 0 Å². The SMILES string of the molecule is Cc1c(N)cccc1COC1CCC1. The smallest absolute Gasteiger partial charge is 0.0723 e. The van der Waals surface area contributed by atoms with Crippen LogP contribution >= 0.6 is 0 Å². The van der Waals surface area contributed by atoms with Gasteiger partial charge in [-0.25, -0.2) is 0 Å². The zero-order valence-corrected chi connectivity index (χ0v) is 8.62. The lowest BCUT2D eigenvalue weighted by molar-refractivity contribution is -0.00883. The van der Waals surface area contributed by atoms with Crippen LogP contribution in [0.2, 0.25) is 0 Å². The van der Waals surface area contributed by atoms with Crippen molar-refractivity contribution in [3.63, 3.8) is 0 Å². The molecule has 2 N–H and O–H groups in total. The molecule has 2 nitrogen and oxygen atoms in total. The minimum Gasteiger partial charge on any atom is -0.399 e. The summed E-state index contributed by atoms with van der Waals surface area (Å²) < 4.78 is 5.74. The van der Waals surface area contributed by atoms with E-state index in [2.05, 4.69) is 13.0 Å². The average Bonchev–Trinajstić information content (AvgIpc) is 2.09. The standard InChI is InChI=1S/C12H17NO/c1-9-10(4-2-7-12(9)13)8-14-11-5-3-6-11/h2,4,7,11H,3,5-6,8,13H2,1H3. The first-order chi connectivity index (χ1) is 6.77. The van der Waals surface area contributed by atoms with E-state index in [0.717, 1.165) is 11.3 Å². The van der Waals surface area contributed by atoms with Gasteiger partial charge in [0.1, 0.15) is 0 Å². The van der Waals surface area contributed by atoms with E-state index in [1.165, 1.54) is 24.8 Å². The molecule has 0 amide bonds. The monoisotopic (exact) mass is 191 g/mol. The summed E-state index contributed by atoms with van der Waals surface area (Å²) in [5.41, 5.74) is 9.06. The van der Waals surface area contributed by atoms with Crippen LogP contribution in [0, 0.1) is 6.92 Å². The normalized spacial score (nSPS) is 16.6. The van der Waals surface area contributed by atoms with Crippen molar-refractivity contribution in [1.82, 2.24) is 0 Å². The van der Waals surface area contributed by atoms with Crippen LogP contribution in [-0.4, -0.2) is 6.10 Å². The van der Waals surface area contributed by atoms with Crippen molar-refractivity contribution in [3.8, 4) is 0 Å². The molecule has 1 aliphatic rings. The van der Waals surface area contributed by atoms with Gasteiger partial charge in [0, 0.05) is 5.69 Å². The third-order valence-electron chi connectivity index (χ3n) is 3.01. The van der Waals surface area contributed by atoms with Crippen molar-refractivity contribution >= 4 is 5.69 Å². The van der Waals surface area contributed by atoms with Crippen molar-refractivity contribution in [2.24, 2.45) is 0 Å². The maximum absolute atomic E-state index is 5.82. The summed E-state index contributed by atoms with van der Waals surface area (Å²) >= 11 is 0. The zero-order valence-electron chi connectivity index (χ0n) is 8.62. The predicted octanol–water partition coefficient (Wildman–Crippen LogP) is 2.65. The van der Waals surface area contributed by atoms with E-state index in [0.29, 0.717) is 12.7 Å². The molecule has 0 saturated heterocycles. The largest absolute Gasteiger partial charge is 0.399 e. The van der Waals surface area contributed by atoms with Gasteiger partial charge in [0.25, 0.3) is 0 Å². The first-order valence-corrected chi connectivity index (χ1v) is 5.23. The topological polar surface area (TPSA) is 35.2 Å². The molecule has 0 unspecified atom stereocenters. The summed E-state index contributed by atoms with van der Waals surface area (Å²) in [4.78, 5) is 0. The molecule has 0 bridgehead atoms. The van der Waals surface area contributed by atoms with Crippen LogP contribution in [0.1, 0.15) is 30.4 Å². The van der Waals surface area contributed by atoms with Crippen LogP contribution in [0.4, 0.5) is 5.69 Å². The van der Waals surface area contributed by atoms with Crippen molar-refractivity contribution in [2.45, 2.75) is 38.9 Å². The Balaban J connectivity index is 1.97. The minimum atomic E-state index is 0.496. The van der Waals surface area contributed by atoms with Crippen molar-refractivity contribution in [1.29, 1.82) is 0 Å². The molecule has 1 saturated carbocycles. The number of nitrogens with two attached hydrogens (primary N) is 1. The Bertz CT molecular complexity index is 318. The lowest BCUT2D eigenvalue weighted by Crippen LogP contribution is -2.21. The van der Waals surface area contributed by atoms with Crippen LogP contribution in [0.3, 0.4) is 0 Å². The van der Waals surface area contributed by atoms with Gasteiger partial charge in [0.05, 0.1) is 12.7 Å². The Hall–Kier alpha value is -1.02. The Morgan fingerprint density at radius 1 is 1.43 bits per heavy atom. The van der Waals surface area contributed by atoms with Crippen molar-refractivity contribution < 1.29 is 4.74 Å². The van der Waals surface area contributed by atoms with Crippen LogP contribution < -0.4 is 5.73 Å². The number of ether oxygens (including phenoxy) is 1. The molecule has 1 fully saturated rings. The molecule has 0 spiro atoms. The summed E-state index contributed by atoms with van der Waals surface area (Å²) in [6.45, 7) is 2.76. The van der Waals surface area contributed by atoms with E-state index in [4.69, 9.17) is 10.5 Å². The van der Waals surface area contributed by atoms with Gasteiger partial charge in [-0.1, -0.05) is 12.1 Å². The highest BCUT2D eigenvalue weighted by molar-refractivity contribution is 5.49. The lowest BCUT2D eigenvalue weighted by Gasteiger charge is -2.25. The van der Waals surface area contributed by atoms with Gasteiger partial charge in [-0.3, -0.25) is 0 Å². The molecule has 0 radical (unpaired) electrons. The van der Waals surface area contributed by atoms with Gasteiger partial charge < -0.3 is 10.5 Å². The van der Waals surface area contributed by atoms with E-state index in [-0.39, 0.29) is 0 Å². The van der Waals surface area contributed by atoms with Gasteiger partial charge in [0.15, 0.2) is 0 Å². The zero-order chi connectivity index (χ0) is 9.97. The van der Waals surface area contributed by atoms with Gasteiger partial charge in [-0.15, -0.1) is 0 Å². The fourth-order valence-corrected chi connectivity index (χ4v) is 1.60. The number of hydrogen-bond acceptors (Lipinski definition) is 2. The maximum Gasteiger partial charge on any atom is 0.0723 e. The quantitative estimate of drug-likeness (QED) is 0.745. The third kappa shape index (κ3) is 1.90. The Morgan fingerprint density at radius 3 is 2.86 bits per heavy atom. The highest BCUT2D eigenvalue weighted by Gasteiger charge is 2.17. The summed E-state index contributed by atoms with van der Waals surface area (Å²) in [5, 5.41) is 0.